The van der Waals surface area contributed by atoms with Crippen molar-refractivity contribution >= 4 is 16.6 Å². The number of methoxy groups -OCH3 is 2. The van der Waals surface area contributed by atoms with Gasteiger partial charge in [-0.3, -0.25) is 4.90 Å². The summed E-state index contributed by atoms with van der Waals surface area (Å²) < 4.78 is 17.2. The lowest BCUT2D eigenvalue weighted by molar-refractivity contribution is 0.131. The summed E-state index contributed by atoms with van der Waals surface area (Å²) in [6.07, 6.45) is 11.7. The number of pyridine rings is 1. The van der Waals surface area contributed by atoms with Crippen molar-refractivity contribution in [1.82, 2.24) is 14.9 Å². The van der Waals surface area contributed by atoms with Gasteiger partial charge in [-0.2, -0.15) is 0 Å². The molecular formula is C29H35N3O3. The predicted molar refractivity (Wildman–Crippen MR) is 142 cm³/mol. The van der Waals surface area contributed by atoms with E-state index >= 15 is 0 Å². The topological polar surface area (TPSA) is 59.6 Å². The third kappa shape index (κ3) is 5.77. The van der Waals surface area contributed by atoms with Gasteiger partial charge in [0.05, 0.1) is 14.2 Å². The minimum absolute atomic E-state index is 0.536. The molecule has 0 unspecified atom stereocenters. The molecule has 2 aromatic heterocycles. The van der Waals surface area contributed by atoms with Crippen molar-refractivity contribution in [2.24, 2.45) is 0 Å². The van der Waals surface area contributed by atoms with Crippen molar-refractivity contribution in [3.8, 4) is 16.9 Å². The van der Waals surface area contributed by atoms with Crippen molar-refractivity contribution in [3.05, 3.63) is 78.5 Å². The third-order valence-electron chi connectivity index (χ3n) is 6.49. The lowest BCUT2D eigenvalue weighted by Crippen LogP contribution is -2.32. The number of para-hydroxylation sites is 1. The van der Waals surface area contributed by atoms with Gasteiger partial charge in [0.2, 0.25) is 0 Å². The predicted octanol–water partition coefficient (Wildman–Crippen LogP) is 6.19. The van der Waals surface area contributed by atoms with E-state index in [-0.39, 0.29) is 0 Å². The van der Waals surface area contributed by atoms with Crippen LogP contribution >= 0.6 is 0 Å². The van der Waals surface area contributed by atoms with E-state index in [0.717, 1.165) is 58.7 Å². The summed E-state index contributed by atoms with van der Waals surface area (Å²) in [7, 11) is 3.33. The number of likely N-dealkylation sites (tertiary alicyclic amines) is 1. The van der Waals surface area contributed by atoms with Gasteiger partial charge in [-0.15, -0.1) is 0 Å². The van der Waals surface area contributed by atoms with Crippen LogP contribution in [0.25, 0.3) is 27.7 Å². The minimum Gasteiger partial charge on any atom is -0.496 e. The highest BCUT2D eigenvalue weighted by molar-refractivity contribution is 5.97. The Hall–Kier alpha value is -3.51. The zero-order chi connectivity index (χ0) is 24.6. The van der Waals surface area contributed by atoms with E-state index in [1.54, 1.807) is 14.2 Å². The van der Waals surface area contributed by atoms with Crippen molar-refractivity contribution in [2.75, 3.05) is 40.5 Å². The van der Waals surface area contributed by atoms with Gasteiger partial charge in [-0.25, -0.2) is 4.98 Å². The molecule has 0 bridgehead atoms. The Balaban J connectivity index is 1.54. The average Bonchev–Trinajstić information content (AvgIpc) is 3.33. The first kappa shape index (κ1) is 24.6. The summed E-state index contributed by atoms with van der Waals surface area (Å²) in [5.41, 5.74) is 4.84. The van der Waals surface area contributed by atoms with Crippen molar-refractivity contribution in [1.29, 1.82) is 0 Å². The second kappa shape index (κ2) is 11.8. The number of aromatic amines is 1. The Morgan fingerprint density at radius 1 is 1.14 bits per heavy atom. The molecule has 0 radical (unpaired) electrons. The highest BCUT2D eigenvalue weighted by Gasteiger charge is 2.14. The highest BCUT2D eigenvalue weighted by atomic mass is 16.5. The Bertz CT molecular complexity index is 1220. The number of allylic oxidation sites excluding steroid dienone is 3. The molecule has 6 heteroatoms. The largest absolute Gasteiger partial charge is 0.496 e. The zero-order valence-electron chi connectivity index (χ0n) is 21.0. The van der Waals surface area contributed by atoms with Crippen LogP contribution in [0.1, 0.15) is 31.7 Å². The first-order valence-corrected chi connectivity index (χ1v) is 12.2. The maximum absolute atomic E-state index is 5.95. The number of rotatable bonds is 10. The van der Waals surface area contributed by atoms with Crippen molar-refractivity contribution in [3.63, 3.8) is 0 Å². The number of nitrogens with one attached hydrogen (secondary N) is 1. The number of nitrogens with zero attached hydrogens (tertiary/aromatic N) is 2. The number of fused-ring (bicyclic) bond motifs is 1. The molecule has 1 aliphatic heterocycles. The molecule has 3 aromatic rings. The fraction of sp³-hybridized carbons (Fsp3) is 0.345. The molecule has 0 amide bonds. The Labute approximate surface area is 207 Å². The number of H-pyrrole nitrogens is 1. The molecule has 1 fully saturated rings. The molecule has 3 heterocycles. The van der Waals surface area contributed by atoms with Crippen LogP contribution in [-0.4, -0.2) is 55.3 Å². The van der Waals surface area contributed by atoms with Crippen LogP contribution in [0.4, 0.5) is 0 Å². The van der Waals surface area contributed by atoms with Gasteiger partial charge < -0.3 is 19.2 Å². The van der Waals surface area contributed by atoms with Gasteiger partial charge in [0, 0.05) is 41.0 Å². The lowest BCUT2D eigenvalue weighted by Gasteiger charge is -2.26. The van der Waals surface area contributed by atoms with Crippen molar-refractivity contribution < 1.29 is 14.2 Å². The molecule has 1 N–H and O–H groups in total. The van der Waals surface area contributed by atoms with Gasteiger partial charge in [0.25, 0.3) is 0 Å². The molecule has 35 heavy (non-hydrogen) atoms. The summed E-state index contributed by atoms with van der Waals surface area (Å²) >= 11 is 0. The van der Waals surface area contributed by atoms with Crippen LogP contribution in [0.5, 0.6) is 5.75 Å². The second-order valence-electron chi connectivity index (χ2n) is 8.65. The second-order valence-corrected chi connectivity index (χ2v) is 8.65. The summed E-state index contributed by atoms with van der Waals surface area (Å²) in [5.74, 6) is 1.97. The number of hydrogen-bond donors (Lipinski definition) is 1. The standard InChI is InChI=1S/C29H35N3O3/c1-5-22(18-28(34-4)21(2)35-16-15-32-13-9-6-10-14-32)23-17-25-26(20-31-29(25)30-19-23)24-11-7-8-12-27(24)33-3/h5,7-8,11-12,17-20H,2,6,9-10,13-16H2,1,3-4H3,(H,30,31)/b22-5+,28-18+. The molecule has 1 saturated heterocycles. The van der Waals surface area contributed by atoms with Crippen LogP contribution in [0, 0.1) is 0 Å². The molecule has 0 atom stereocenters. The normalized spacial score (nSPS) is 15.3. The summed E-state index contributed by atoms with van der Waals surface area (Å²) in [6.45, 7) is 9.92. The van der Waals surface area contributed by atoms with Gasteiger partial charge >= 0.3 is 0 Å². The fourth-order valence-electron chi connectivity index (χ4n) is 4.53. The van der Waals surface area contributed by atoms with Gasteiger partial charge in [-0.1, -0.05) is 37.3 Å². The van der Waals surface area contributed by atoms with E-state index in [4.69, 9.17) is 14.2 Å². The number of aromatic nitrogens is 2. The average molecular weight is 474 g/mol. The van der Waals surface area contributed by atoms with E-state index in [1.807, 2.05) is 49.7 Å². The molecule has 6 nitrogen and oxygen atoms in total. The maximum atomic E-state index is 5.95. The minimum atomic E-state index is 0.536. The fourth-order valence-corrected chi connectivity index (χ4v) is 4.53. The Morgan fingerprint density at radius 3 is 2.69 bits per heavy atom. The van der Waals surface area contributed by atoms with E-state index in [0.29, 0.717) is 18.1 Å². The summed E-state index contributed by atoms with van der Waals surface area (Å²) in [4.78, 5) is 10.4. The number of benzene rings is 1. The SMILES string of the molecule is C=C(OCCN1CCCCC1)/C(=C\C(=C/C)c1cnc2[nH]cc(-c3ccccc3OC)c2c1)OC. The number of hydrogen-bond acceptors (Lipinski definition) is 5. The van der Waals surface area contributed by atoms with Crippen molar-refractivity contribution in [2.45, 2.75) is 26.2 Å². The third-order valence-corrected chi connectivity index (χ3v) is 6.49. The molecule has 1 aromatic carbocycles. The monoisotopic (exact) mass is 473 g/mol. The van der Waals surface area contributed by atoms with E-state index in [9.17, 15) is 0 Å². The first-order valence-electron chi connectivity index (χ1n) is 12.2. The molecule has 184 valence electrons. The van der Waals surface area contributed by atoms with Crippen LogP contribution < -0.4 is 4.74 Å². The smallest absolute Gasteiger partial charge is 0.160 e. The summed E-state index contributed by atoms with van der Waals surface area (Å²) in [6, 6.07) is 10.1. The van der Waals surface area contributed by atoms with Crippen LogP contribution in [0.2, 0.25) is 0 Å². The van der Waals surface area contributed by atoms with Crippen LogP contribution in [0.15, 0.2) is 73.0 Å². The maximum Gasteiger partial charge on any atom is 0.160 e. The Kier molecular flexibility index (Phi) is 8.27. The molecule has 0 spiro atoms. The molecular weight excluding hydrogens is 438 g/mol. The molecule has 0 aliphatic carbocycles. The molecule has 4 rings (SSSR count). The van der Waals surface area contributed by atoms with Crippen LogP contribution in [0.3, 0.4) is 0 Å². The Morgan fingerprint density at radius 2 is 1.94 bits per heavy atom. The zero-order valence-corrected chi connectivity index (χ0v) is 21.0. The van der Waals surface area contributed by atoms with Gasteiger partial charge in [-0.05, 0) is 56.6 Å². The molecule has 0 saturated carbocycles. The molecule has 1 aliphatic rings. The van der Waals surface area contributed by atoms with E-state index in [2.05, 4.69) is 33.6 Å². The highest BCUT2D eigenvalue weighted by Crippen LogP contribution is 2.35. The van der Waals surface area contributed by atoms with E-state index < -0.39 is 0 Å². The lowest BCUT2D eigenvalue weighted by atomic mass is 10.0. The first-order chi connectivity index (χ1) is 17.1. The number of piperidine rings is 1. The number of ether oxygens (including phenoxy) is 3. The summed E-state index contributed by atoms with van der Waals surface area (Å²) in [5, 5.41) is 1.02. The van der Waals surface area contributed by atoms with Gasteiger partial charge in [0.15, 0.2) is 11.5 Å². The van der Waals surface area contributed by atoms with E-state index in [1.165, 1.54) is 19.3 Å². The van der Waals surface area contributed by atoms with Gasteiger partial charge in [0.1, 0.15) is 18.0 Å². The quantitative estimate of drug-likeness (QED) is 0.281. The van der Waals surface area contributed by atoms with Crippen LogP contribution in [-0.2, 0) is 9.47 Å².